The molecule has 1 amide bonds. The highest BCUT2D eigenvalue weighted by atomic mass is 32.1. The predicted molar refractivity (Wildman–Crippen MR) is 95.4 cm³/mol. The van der Waals surface area contributed by atoms with Gasteiger partial charge in [0.25, 0.3) is 5.91 Å². The van der Waals surface area contributed by atoms with Gasteiger partial charge < -0.3 is 9.88 Å². The Bertz CT molecular complexity index is 855. The van der Waals surface area contributed by atoms with Gasteiger partial charge in [-0.15, -0.1) is 0 Å². The van der Waals surface area contributed by atoms with E-state index in [1.165, 1.54) is 0 Å². The van der Waals surface area contributed by atoms with Crippen molar-refractivity contribution in [3.63, 3.8) is 0 Å². The highest BCUT2D eigenvalue weighted by molar-refractivity contribution is 7.71. The van der Waals surface area contributed by atoms with Crippen LogP contribution in [-0.2, 0) is 20.3 Å². The van der Waals surface area contributed by atoms with Gasteiger partial charge in [0, 0.05) is 25.2 Å². The lowest BCUT2D eigenvalue weighted by molar-refractivity contribution is -0.123. The molecule has 0 radical (unpaired) electrons. The molecule has 1 aliphatic carbocycles. The zero-order valence-electron chi connectivity index (χ0n) is 14.7. The van der Waals surface area contributed by atoms with Crippen LogP contribution in [0.25, 0.3) is 0 Å². The Morgan fingerprint density at radius 3 is 2.52 bits per heavy atom. The lowest BCUT2D eigenvalue weighted by atomic mass is 10.1. The van der Waals surface area contributed by atoms with Crippen LogP contribution in [0.3, 0.4) is 0 Å². The summed E-state index contributed by atoms with van der Waals surface area (Å²) in [6, 6.07) is 7.06. The second-order valence-electron chi connectivity index (χ2n) is 6.64. The van der Waals surface area contributed by atoms with Gasteiger partial charge in [0.15, 0.2) is 4.77 Å². The molecule has 2 aromatic rings. The molecule has 0 atom stereocenters. The minimum Gasteiger partial charge on any atom is -0.343 e. The van der Waals surface area contributed by atoms with Crippen LogP contribution in [0.4, 0.5) is 13.2 Å². The molecule has 3 rings (SSSR count). The van der Waals surface area contributed by atoms with Crippen LogP contribution in [0.5, 0.6) is 0 Å². The standard InChI is InChI=1S/C17H20F3N5OS/c1-23-10-22-25(16(23)27)11-24(14-6-7-14)8-12-2-4-13(5-3-12)15(26)21-9-17(18,19)20/h2-5,10,14H,6-9,11H2,1H3,(H,21,26). The fourth-order valence-corrected chi connectivity index (χ4v) is 2.85. The third-order valence-corrected chi connectivity index (χ3v) is 4.82. The Hall–Kier alpha value is -2.20. The van der Waals surface area contributed by atoms with Crippen LogP contribution in [0.1, 0.15) is 28.8 Å². The monoisotopic (exact) mass is 399 g/mol. The number of halogens is 3. The Kier molecular flexibility index (Phi) is 5.66. The molecule has 0 bridgehead atoms. The first-order valence-electron chi connectivity index (χ1n) is 8.49. The summed E-state index contributed by atoms with van der Waals surface area (Å²) < 4.78 is 40.7. The summed E-state index contributed by atoms with van der Waals surface area (Å²) in [5.41, 5.74) is 1.17. The smallest absolute Gasteiger partial charge is 0.343 e. The van der Waals surface area contributed by atoms with Gasteiger partial charge in [-0.3, -0.25) is 9.69 Å². The molecule has 27 heavy (non-hydrogen) atoms. The van der Waals surface area contributed by atoms with E-state index in [-0.39, 0.29) is 5.56 Å². The molecular formula is C17H20F3N5OS. The first kappa shape index (κ1) is 19.6. The largest absolute Gasteiger partial charge is 0.405 e. The molecule has 0 aliphatic heterocycles. The van der Waals surface area contributed by atoms with Crippen molar-refractivity contribution < 1.29 is 18.0 Å². The van der Waals surface area contributed by atoms with Crippen molar-refractivity contribution in [2.75, 3.05) is 6.54 Å². The van der Waals surface area contributed by atoms with Gasteiger partial charge >= 0.3 is 6.18 Å². The SMILES string of the molecule is Cn1cnn(CN(Cc2ccc(C(=O)NCC(F)(F)F)cc2)C2CC2)c1=S. The van der Waals surface area contributed by atoms with Crippen LogP contribution in [0.2, 0.25) is 0 Å². The van der Waals surface area contributed by atoms with Crippen molar-refractivity contribution in [3.8, 4) is 0 Å². The normalized spacial score (nSPS) is 14.6. The fourth-order valence-electron chi connectivity index (χ4n) is 2.70. The highest BCUT2D eigenvalue weighted by Crippen LogP contribution is 2.28. The van der Waals surface area contributed by atoms with E-state index < -0.39 is 18.6 Å². The third-order valence-electron chi connectivity index (χ3n) is 4.32. The Morgan fingerprint density at radius 2 is 2.00 bits per heavy atom. The van der Waals surface area contributed by atoms with Crippen LogP contribution in [-0.4, -0.2) is 43.9 Å². The van der Waals surface area contributed by atoms with E-state index in [1.54, 1.807) is 39.8 Å². The summed E-state index contributed by atoms with van der Waals surface area (Å²) in [5.74, 6) is -0.738. The van der Waals surface area contributed by atoms with Crippen molar-refractivity contribution in [1.29, 1.82) is 0 Å². The molecule has 0 spiro atoms. The van der Waals surface area contributed by atoms with E-state index in [2.05, 4.69) is 10.00 Å². The maximum absolute atomic E-state index is 12.2. The molecule has 1 N–H and O–H groups in total. The number of aromatic nitrogens is 3. The van der Waals surface area contributed by atoms with E-state index in [0.717, 1.165) is 18.4 Å². The molecule has 0 unspecified atom stereocenters. The summed E-state index contributed by atoms with van der Waals surface area (Å²) in [5, 5.41) is 6.14. The number of benzene rings is 1. The van der Waals surface area contributed by atoms with E-state index in [1.807, 2.05) is 12.4 Å². The van der Waals surface area contributed by atoms with Gasteiger partial charge in [-0.1, -0.05) is 12.1 Å². The zero-order valence-corrected chi connectivity index (χ0v) is 15.6. The highest BCUT2D eigenvalue weighted by Gasteiger charge is 2.30. The minimum absolute atomic E-state index is 0.202. The summed E-state index contributed by atoms with van der Waals surface area (Å²) in [4.78, 5) is 14.0. The molecule has 0 saturated heterocycles. The Balaban J connectivity index is 1.63. The molecule has 1 aliphatic rings. The molecular weight excluding hydrogens is 379 g/mol. The Morgan fingerprint density at radius 1 is 1.33 bits per heavy atom. The molecule has 6 nitrogen and oxygen atoms in total. The molecule has 1 saturated carbocycles. The quantitative estimate of drug-likeness (QED) is 0.728. The summed E-state index contributed by atoms with van der Waals surface area (Å²) in [6.45, 7) is -0.126. The van der Waals surface area contributed by atoms with Gasteiger partial charge in [0.2, 0.25) is 0 Å². The third kappa shape index (κ3) is 5.39. The molecule has 1 fully saturated rings. The van der Waals surface area contributed by atoms with Crippen molar-refractivity contribution in [3.05, 3.63) is 46.5 Å². The second-order valence-corrected chi connectivity index (χ2v) is 7.00. The molecule has 10 heteroatoms. The minimum atomic E-state index is -4.42. The molecule has 1 heterocycles. The molecule has 146 valence electrons. The van der Waals surface area contributed by atoms with Crippen LogP contribution in [0.15, 0.2) is 30.6 Å². The number of aryl methyl sites for hydroxylation is 1. The summed E-state index contributed by atoms with van der Waals surface area (Å²) in [7, 11) is 1.84. The predicted octanol–water partition coefficient (Wildman–Crippen LogP) is 2.87. The number of rotatable bonds is 7. The number of carbonyl (C=O) groups excluding carboxylic acids is 1. The van der Waals surface area contributed by atoms with Gasteiger partial charge in [-0.05, 0) is 42.8 Å². The summed E-state index contributed by atoms with van der Waals surface area (Å²) in [6.07, 6.45) is -0.537. The second kappa shape index (κ2) is 7.81. The lowest BCUT2D eigenvalue weighted by Gasteiger charge is -2.22. The lowest BCUT2D eigenvalue weighted by Crippen LogP contribution is -2.33. The van der Waals surface area contributed by atoms with Gasteiger partial charge in [0.05, 0.1) is 6.67 Å². The van der Waals surface area contributed by atoms with Crippen molar-refractivity contribution >= 4 is 18.1 Å². The van der Waals surface area contributed by atoms with Gasteiger partial charge in [0.1, 0.15) is 12.9 Å². The maximum Gasteiger partial charge on any atom is 0.405 e. The molecule has 1 aromatic heterocycles. The van der Waals surface area contributed by atoms with Gasteiger partial charge in [-0.25, -0.2) is 4.68 Å². The first-order chi connectivity index (χ1) is 12.7. The number of amides is 1. The van der Waals surface area contributed by atoms with Crippen molar-refractivity contribution in [2.24, 2.45) is 7.05 Å². The molecule has 1 aromatic carbocycles. The average molecular weight is 399 g/mol. The van der Waals surface area contributed by atoms with Crippen molar-refractivity contribution in [2.45, 2.75) is 38.3 Å². The van der Waals surface area contributed by atoms with Crippen LogP contribution >= 0.6 is 12.2 Å². The maximum atomic E-state index is 12.2. The number of carbonyl (C=O) groups is 1. The average Bonchev–Trinajstić information content (AvgIpc) is 3.42. The number of nitrogens with one attached hydrogen (secondary N) is 1. The number of alkyl halides is 3. The number of hydrogen-bond donors (Lipinski definition) is 1. The number of hydrogen-bond acceptors (Lipinski definition) is 4. The Labute approximate surface area is 159 Å². The fraction of sp³-hybridized carbons (Fsp3) is 0.471. The first-order valence-corrected chi connectivity index (χ1v) is 8.90. The topological polar surface area (TPSA) is 55.1 Å². The summed E-state index contributed by atoms with van der Waals surface area (Å²) >= 11 is 5.33. The number of nitrogens with zero attached hydrogens (tertiary/aromatic N) is 4. The van der Waals surface area contributed by atoms with E-state index in [9.17, 15) is 18.0 Å². The van der Waals surface area contributed by atoms with E-state index >= 15 is 0 Å². The van der Waals surface area contributed by atoms with E-state index in [4.69, 9.17) is 12.2 Å². The van der Waals surface area contributed by atoms with Crippen molar-refractivity contribution in [1.82, 2.24) is 24.6 Å². The zero-order chi connectivity index (χ0) is 19.6. The van der Waals surface area contributed by atoms with E-state index in [0.29, 0.717) is 24.0 Å². The van der Waals surface area contributed by atoms with Crippen LogP contribution < -0.4 is 5.32 Å². The van der Waals surface area contributed by atoms with Gasteiger partial charge in [-0.2, -0.15) is 18.3 Å². The van der Waals surface area contributed by atoms with Crippen LogP contribution in [0, 0.1) is 4.77 Å².